The predicted octanol–water partition coefficient (Wildman–Crippen LogP) is 5.10. The maximum absolute atomic E-state index is 11.5. The Balaban J connectivity index is 1.56. The lowest BCUT2D eigenvalue weighted by atomic mass is 10.1. The predicted molar refractivity (Wildman–Crippen MR) is 110 cm³/mol. The zero-order chi connectivity index (χ0) is 19.7. The van der Waals surface area contributed by atoms with Crippen LogP contribution in [0.4, 0.5) is 0 Å². The van der Waals surface area contributed by atoms with Gasteiger partial charge in [-0.15, -0.1) is 11.3 Å². The number of aromatic nitrogens is 1. The molecule has 0 saturated carbocycles. The lowest BCUT2D eigenvalue weighted by molar-refractivity contribution is 0.309. The summed E-state index contributed by atoms with van der Waals surface area (Å²) in [6.07, 6.45) is 0. The first kappa shape index (κ1) is 18.6. The van der Waals surface area contributed by atoms with Crippen LogP contribution in [0.15, 0.2) is 70.3 Å². The van der Waals surface area contributed by atoms with Gasteiger partial charge in [-0.25, -0.2) is 0 Å². The van der Waals surface area contributed by atoms with Crippen LogP contribution in [0.25, 0.3) is 22.0 Å². The van der Waals surface area contributed by atoms with E-state index >= 15 is 0 Å². The zero-order valence-electron chi connectivity index (χ0n) is 15.0. The van der Waals surface area contributed by atoms with Crippen molar-refractivity contribution in [2.45, 2.75) is 17.7 Å². The van der Waals surface area contributed by atoms with Gasteiger partial charge in [0.1, 0.15) is 12.4 Å². The van der Waals surface area contributed by atoms with Crippen molar-refractivity contribution >= 4 is 32.4 Å². The summed E-state index contributed by atoms with van der Waals surface area (Å²) in [7, 11) is -4.23. The normalized spacial score (nSPS) is 11.6. The molecule has 7 heteroatoms. The molecule has 28 heavy (non-hydrogen) atoms. The van der Waals surface area contributed by atoms with Crippen molar-refractivity contribution in [3.63, 3.8) is 0 Å². The van der Waals surface area contributed by atoms with Gasteiger partial charge in [0.05, 0.1) is 5.52 Å². The number of benzene rings is 2. The van der Waals surface area contributed by atoms with Gasteiger partial charge in [0.15, 0.2) is 4.21 Å². The van der Waals surface area contributed by atoms with Gasteiger partial charge in [0.25, 0.3) is 0 Å². The number of nitrogens with zero attached hydrogens (tertiary/aromatic N) is 1. The van der Waals surface area contributed by atoms with Crippen molar-refractivity contribution in [1.29, 1.82) is 0 Å². The van der Waals surface area contributed by atoms with Crippen LogP contribution in [-0.4, -0.2) is 18.0 Å². The van der Waals surface area contributed by atoms with E-state index in [1.54, 1.807) is 11.4 Å². The van der Waals surface area contributed by atoms with Gasteiger partial charge >= 0.3 is 10.1 Å². The van der Waals surface area contributed by atoms with E-state index < -0.39 is 10.1 Å². The second-order valence-corrected chi connectivity index (χ2v) is 8.89. The quantitative estimate of drug-likeness (QED) is 0.463. The SMILES string of the molecule is Cc1cc(OCc2ccc(-c3ccsc3S(=O)(=O)O)cc2)c2ccccc2n1. The van der Waals surface area contributed by atoms with Crippen molar-refractivity contribution in [3.05, 3.63) is 77.3 Å². The van der Waals surface area contributed by atoms with Crippen molar-refractivity contribution in [2.75, 3.05) is 0 Å². The maximum atomic E-state index is 11.5. The number of thiophene rings is 1. The maximum Gasteiger partial charge on any atom is 0.304 e. The largest absolute Gasteiger partial charge is 0.488 e. The Labute approximate surface area is 167 Å². The van der Waals surface area contributed by atoms with Crippen LogP contribution in [0, 0.1) is 6.92 Å². The number of aryl methyl sites for hydroxylation is 1. The summed E-state index contributed by atoms with van der Waals surface area (Å²) in [4.78, 5) is 4.51. The standard InChI is InChI=1S/C21H17NO4S2/c1-14-12-20(18-4-2-3-5-19(18)22-14)26-13-15-6-8-16(9-7-15)17-10-11-27-21(17)28(23,24)25/h2-12H,13H2,1H3,(H,23,24,25). The summed E-state index contributed by atoms with van der Waals surface area (Å²) in [5.74, 6) is 0.777. The summed E-state index contributed by atoms with van der Waals surface area (Å²) in [6, 6.07) is 18.9. The van der Waals surface area contributed by atoms with Crippen LogP contribution in [0.1, 0.15) is 11.3 Å². The van der Waals surface area contributed by atoms with Crippen LogP contribution in [0.5, 0.6) is 5.75 Å². The summed E-state index contributed by atoms with van der Waals surface area (Å²) < 4.78 is 38.3. The molecule has 142 valence electrons. The lowest BCUT2D eigenvalue weighted by Gasteiger charge is -2.11. The molecule has 0 bridgehead atoms. The molecule has 5 nitrogen and oxygen atoms in total. The minimum atomic E-state index is -4.23. The number of hydrogen-bond donors (Lipinski definition) is 1. The Bertz CT molecular complexity index is 1250. The molecule has 2 heterocycles. The van der Waals surface area contributed by atoms with E-state index in [4.69, 9.17) is 4.74 Å². The van der Waals surface area contributed by atoms with Crippen LogP contribution in [0.3, 0.4) is 0 Å². The number of fused-ring (bicyclic) bond motifs is 1. The molecule has 2 aromatic carbocycles. The van der Waals surface area contributed by atoms with E-state index in [0.29, 0.717) is 12.2 Å². The Kier molecular flexibility index (Phi) is 4.89. The molecule has 0 amide bonds. The monoisotopic (exact) mass is 411 g/mol. The summed E-state index contributed by atoms with van der Waals surface area (Å²) in [5, 5.41) is 2.60. The third kappa shape index (κ3) is 3.77. The number of para-hydroxylation sites is 1. The summed E-state index contributed by atoms with van der Waals surface area (Å²) >= 11 is 0.997. The van der Waals surface area contributed by atoms with Gasteiger partial charge in [-0.05, 0) is 41.6 Å². The van der Waals surface area contributed by atoms with E-state index in [2.05, 4.69) is 4.98 Å². The number of pyridine rings is 1. The minimum Gasteiger partial charge on any atom is -0.488 e. The van der Waals surface area contributed by atoms with Gasteiger partial charge in [-0.1, -0.05) is 36.4 Å². The first-order chi connectivity index (χ1) is 13.4. The molecule has 0 aliphatic rings. The van der Waals surface area contributed by atoms with Gasteiger partial charge in [0, 0.05) is 22.7 Å². The third-order valence-electron chi connectivity index (χ3n) is 4.33. The van der Waals surface area contributed by atoms with E-state index in [1.165, 1.54) is 0 Å². The topological polar surface area (TPSA) is 76.5 Å². The highest BCUT2D eigenvalue weighted by Gasteiger charge is 2.18. The molecule has 0 aliphatic heterocycles. The highest BCUT2D eigenvalue weighted by atomic mass is 32.3. The molecule has 0 aliphatic carbocycles. The van der Waals surface area contributed by atoms with Gasteiger partial charge in [0.2, 0.25) is 0 Å². The Morgan fingerprint density at radius 2 is 1.82 bits per heavy atom. The molecule has 0 unspecified atom stereocenters. The highest BCUT2D eigenvalue weighted by molar-refractivity contribution is 7.88. The number of rotatable bonds is 5. The van der Waals surface area contributed by atoms with Crippen molar-refractivity contribution < 1.29 is 17.7 Å². The Morgan fingerprint density at radius 1 is 1.07 bits per heavy atom. The summed E-state index contributed by atoms with van der Waals surface area (Å²) in [6.45, 7) is 2.31. The second-order valence-electron chi connectivity index (χ2n) is 6.36. The van der Waals surface area contributed by atoms with Crippen LogP contribution in [-0.2, 0) is 16.7 Å². The average molecular weight is 412 g/mol. The first-order valence-corrected chi connectivity index (χ1v) is 10.9. The lowest BCUT2D eigenvalue weighted by Crippen LogP contribution is -1.98. The highest BCUT2D eigenvalue weighted by Crippen LogP contribution is 2.32. The van der Waals surface area contributed by atoms with Crippen molar-refractivity contribution in [2.24, 2.45) is 0 Å². The second kappa shape index (κ2) is 7.35. The molecule has 2 aromatic heterocycles. The molecule has 4 rings (SSSR count). The van der Waals surface area contributed by atoms with Gasteiger partial charge in [-0.3, -0.25) is 9.54 Å². The van der Waals surface area contributed by atoms with E-state index in [-0.39, 0.29) is 4.21 Å². The Morgan fingerprint density at radius 3 is 2.57 bits per heavy atom. The molecule has 0 saturated heterocycles. The average Bonchev–Trinajstić information content (AvgIpc) is 3.17. The number of hydrogen-bond acceptors (Lipinski definition) is 5. The fourth-order valence-corrected chi connectivity index (χ4v) is 4.80. The molecule has 0 radical (unpaired) electrons. The molecule has 0 atom stereocenters. The molecule has 0 spiro atoms. The molecular weight excluding hydrogens is 394 g/mol. The zero-order valence-corrected chi connectivity index (χ0v) is 16.6. The minimum absolute atomic E-state index is 0.0461. The van der Waals surface area contributed by atoms with Crippen LogP contribution < -0.4 is 4.74 Å². The molecule has 0 fully saturated rings. The molecule has 4 aromatic rings. The van der Waals surface area contributed by atoms with Crippen molar-refractivity contribution in [3.8, 4) is 16.9 Å². The van der Waals surface area contributed by atoms with Gasteiger partial charge in [-0.2, -0.15) is 8.42 Å². The third-order valence-corrected chi connectivity index (χ3v) is 6.64. The fraction of sp³-hybridized carbons (Fsp3) is 0.0952. The van der Waals surface area contributed by atoms with Crippen LogP contribution >= 0.6 is 11.3 Å². The van der Waals surface area contributed by atoms with Gasteiger partial charge < -0.3 is 4.74 Å². The number of ether oxygens (including phenoxy) is 1. The molecular formula is C21H17NO4S2. The van der Waals surface area contributed by atoms with E-state index in [9.17, 15) is 13.0 Å². The summed E-state index contributed by atoms with van der Waals surface area (Å²) in [5.41, 5.74) is 3.95. The van der Waals surface area contributed by atoms with Crippen molar-refractivity contribution in [1.82, 2.24) is 4.98 Å². The van der Waals surface area contributed by atoms with Crippen LogP contribution in [0.2, 0.25) is 0 Å². The Hall–Kier alpha value is -2.74. The fourth-order valence-electron chi connectivity index (χ4n) is 3.04. The van der Waals surface area contributed by atoms with E-state index in [0.717, 1.165) is 44.8 Å². The smallest absolute Gasteiger partial charge is 0.304 e. The molecule has 1 N–H and O–H groups in total. The first-order valence-electron chi connectivity index (χ1n) is 8.55. The van der Waals surface area contributed by atoms with E-state index in [1.807, 2.05) is 61.5 Å².